The lowest BCUT2D eigenvalue weighted by Gasteiger charge is -2.06. The lowest BCUT2D eigenvalue weighted by molar-refractivity contribution is 0.0696. The summed E-state index contributed by atoms with van der Waals surface area (Å²) < 4.78 is 0. The van der Waals surface area contributed by atoms with E-state index in [4.69, 9.17) is 5.11 Å². The average Bonchev–Trinajstić information content (AvgIpc) is 2.47. The van der Waals surface area contributed by atoms with Crippen LogP contribution in [0.4, 0.5) is 5.69 Å². The first-order valence-corrected chi connectivity index (χ1v) is 7.63. The fourth-order valence-corrected chi connectivity index (χ4v) is 2.16. The molecule has 0 aliphatic heterocycles. The van der Waals surface area contributed by atoms with Gasteiger partial charge in [0.25, 0.3) is 11.5 Å². The molecule has 1 aromatic heterocycles. The predicted octanol–water partition coefficient (Wildman–Crippen LogP) is 1.58. The van der Waals surface area contributed by atoms with Crippen molar-refractivity contribution >= 4 is 29.3 Å². The highest BCUT2D eigenvalue weighted by Gasteiger charge is 2.11. The van der Waals surface area contributed by atoms with Crippen LogP contribution in [0.1, 0.15) is 26.7 Å². The number of thioether (sulfide) groups is 1. The molecule has 8 heteroatoms. The molecule has 0 bridgehead atoms. The van der Waals surface area contributed by atoms with E-state index in [1.165, 1.54) is 30.0 Å². The number of hydrogen-bond donors (Lipinski definition) is 3. The zero-order valence-corrected chi connectivity index (χ0v) is 12.4. The summed E-state index contributed by atoms with van der Waals surface area (Å²) in [6, 6.07) is 6.92. The Labute approximate surface area is 129 Å². The molecule has 2 aromatic rings. The fourth-order valence-electron chi connectivity index (χ4n) is 1.75. The summed E-state index contributed by atoms with van der Waals surface area (Å²) in [5.74, 6) is -0.779. The van der Waals surface area contributed by atoms with E-state index in [-0.39, 0.29) is 11.3 Å². The lowest BCUT2D eigenvalue weighted by Crippen LogP contribution is -2.20. The maximum absolute atomic E-state index is 12.1. The molecule has 1 heterocycles. The highest BCUT2D eigenvalue weighted by Crippen LogP contribution is 2.12. The third kappa shape index (κ3) is 3.95. The lowest BCUT2D eigenvalue weighted by atomic mass is 10.2. The number of carboxylic acids is 1. The molecule has 0 aliphatic rings. The van der Waals surface area contributed by atoms with Gasteiger partial charge in [-0.15, -0.1) is 0 Å². The van der Waals surface area contributed by atoms with E-state index in [9.17, 15) is 14.4 Å². The van der Waals surface area contributed by atoms with Gasteiger partial charge in [0.15, 0.2) is 0 Å². The Hall–Kier alpha value is -2.61. The molecule has 0 atom stereocenters. The van der Waals surface area contributed by atoms with E-state index in [2.05, 4.69) is 15.3 Å². The van der Waals surface area contributed by atoms with Gasteiger partial charge in [0.05, 0.1) is 11.3 Å². The highest BCUT2D eigenvalue weighted by molar-refractivity contribution is 7.97. The molecule has 114 valence electrons. The van der Waals surface area contributed by atoms with Gasteiger partial charge in [-0.2, -0.15) is 11.8 Å². The van der Waals surface area contributed by atoms with Crippen LogP contribution in [-0.2, 0) is 5.75 Å². The second kappa shape index (κ2) is 6.90. The van der Waals surface area contributed by atoms with Crippen LogP contribution in [0.3, 0.4) is 0 Å². The van der Waals surface area contributed by atoms with Gasteiger partial charge < -0.3 is 15.4 Å². The van der Waals surface area contributed by atoms with E-state index < -0.39 is 17.4 Å². The Balaban J connectivity index is 2.24. The van der Waals surface area contributed by atoms with Gasteiger partial charge in [-0.3, -0.25) is 9.59 Å². The number of carboxylic acid groups (broad SMARTS) is 1. The van der Waals surface area contributed by atoms with Crippen LogP contribution in [0, 0.1) is 0 Å². The summed E-state index contributed by atoms with van der Waals surface area (Å²) in [5, 5.41) is 11.4. The molecule has 2 rings (SSSR count). The number of aromatic carboxylic acids is 1. The molecule has 0 aliphatic carbocycles. The Morgan fingerprint density at radius 2 is 2.14 bits per heavy atom. The predicted molar refractivity (Wildman–Crippen MR) is 83.4 cm³/mol. The standard InChI is InChI=1S/C14H13N3O4S/c1-22-7-11-16-10(6-12(18)17-11)13(19)15-9-4-2-3-8(5-9)14(20)21/h2-6H,7H2,1H3,(H,15,19)(H,20,21)(H,16,17,18). The van der Waals surface area contributed by atoms with Gasteiger partial charge in [-0.25, -0.2) is 9.78 Å². The molecule has 1 amide bonds. The minimum Gasteiger partial charge on any atom is -0.478 e. The average molecular weight is 319 g/mol. The molecule has 0 spiro atoms. The number of aromatic nitrogens is 2. The number of nitrogens with zero attached hydrogens (tertiary/aromatic N) is 1. The molecular formula is C14H13N3O4S. The molecule has 1 aromatic carbocycles. The second-order valence-electron chi connectivity index (χ2n) is 4.35. The summed E-state index contributed by atoms with van der Waals surface area (Å²) in [6.45, 7) is 0. The van der Waals surface area contributed by atoms with Gasteiger partial charge in [0.2, 0.25) is 0 Å². The molecule has 7 nitrogen and oxygen atoms in total. The number of hydrogen-bond acceptors (Lipinski definition) is 5. The zero-order chi connectivity index (χ0) is 16.1. The maximum atomic E-state index is 12.1. The quantitative estimate of drug-likeness (QED) is 0.771. The Kier molecular flexibility index (Phi) is 4.95. The smallest absolute Gasteiger partial charge is 0.335 e. The normalized spacial score (nSPS) is 10.2. The van der Waals surface area contributed by atoms with Crippen molar-refractivity contribution in [3.05, 3.63) is 57.8 Å². The van der Waals surface area contributed by atoms with E-state index in [0.29, 0.717) is 17.3 Å². The van der Waals surface area contributed by atoms with E-state index >= 15 is 0 Å². The van der Waals surface area contributed by atoms with Gasteiger partial charge in [0, 0.05) is 11.8 Å². The van der Waals surface area contributed by atoms with Crippen LogP contribution in [0.15, 0.2) is 35.1 Å². The molecular weight excluding hydrogens is 306 g/mol. The van der Waals surface area contributed by atoms with Crippen molar-refractivity contribution in [2.75, 3.05) is 11.6 Å². The number of aromatic amines is 1. The zero-order valence-electron chi connectivity index (χ0n) is 11.6. The number of benzene rings is 1. The van der Waals surface area contributed by atoms with Crippen molar-refractivity contribution in [1.29, 1.82) is 0 Å². The molecule has 0 saturated heterocycles. The summed E-state index contributed by atoms with van der Waals surface area (Å²) >= 11 is 1.46. The largest absolute Gasteiger partial charge is 0.478 e. The number of carbonyl (C=O) groups is 2. The van der Waals surface area contributed by atoms with Gasteiger partial charge in [-0.05, 0) is 24.5 Å². The van der Waals surface area contributed by atoms with Gasteiger partial charge >= 0.3 is 5.97 Å². The van der Waals surface area contributed by atoms with Gasteiger partial charge in [0.1, 0.15) is 11.5 Å². The Bertz CT molecular complexity index is 773. The number of rotatable bonds is 5. The minimum atomic E-state index is -1.09. The van der Waals surface area contributed by atoms with Crippen LogP contribution in [0.5, 0.6) is 0 Å². The molecule has 0 fully saturated rings. The van der Waals surface area contributed by atoms with Crippen molar-refractivity contribution < 1.29 is 14.7 Å². The monoisotopic (exact) mass is 319 g/mol. The van der Waals surface area contributed by atoms with Gasteiger partial charge in [-0.1, -0.05) is 6.07 Å². The summed E-state index contributed by atoms with van der Waals surface area (Å²) in [5.41, 5.74) is -0.0600. The Morgan fingerprint density at radius 1 is 1.36 bits per heavy atom. The van der Waals surface area contributed by atoms with Crippen molar-refractivity contribution in [2.24, 2.45) is 0 Å². The number of nitrogens with one attached hydrogen (secondary N) is 2. The number of amides is 1. The van der Waals surface area contributed by atoms with E-state index in [1.807, 2.05) is 6.26 Å². The maximum Gasteiger partial charge on any atom is 0.335 e. The first-order chi connectivity index (χ1) is 10.5. The summed E-state index contributed by atoms with van der Waals surface area (Å²) in [7, 11) is 0. The van der Waals surface area contributed by atoms with Crippen LogP contribution in [0.25, 0.3) is 0 Å². The molecule has 3 N–H and O–H groups in total. The number of carbonyl (C=O) groups excluding carboxylic acids is 1. The van der Waals surface area contributed by atoms with Crippen LogP contribution < -0.4 is 10.9 Å². The second-order valence-corrected chi connectivity index (χ2v) is 5.22. The van der Waals surface area contributed by atoms with Crippen molar-refractivity contribution in [3.8, 4) is 0 Å². The van der Waals surface area contributed by atoms with Crippen molar-refractivity contribution in [2.45, 2.75) is 5.75 Å². The minimum absolute atomic E-state index is 0.0199. The highest BCUT2D eigenvalue weighted by atomic mass is 32.2. The van der Waals surface area contributed by atoms with E-state index in [1.54, 1.807) is 6.07 Å². The van der Waals surface area contributed by atoms with Crippen LogP contribution >= 0.6 is 11.8 Å². The fraction of sp³-hybridized carbons (Fsp3) is 0.143. The SMILES string of the molecule is CSCc1nc(C(=O)Nc2cccc(C(=O)O)c2)cc(=O)[nH]1. The Morgan fingerprint density at radius 3 is 2.82 bits per heavy atom. The first kappa shape index (κ1) is 15.8. The molecule has 22 heavy (non-hydrogen) atoms. The number of H-pyrrole nitrogens is 1. The van der Waals surface area contributed by atoms with Crippen LogP contribution in [-0.4, -0.2) is 33.2 Å². The third-order valence-electron chi connectivity index (χ3n) is 2.67. The third-order valence-corrected chi connectivity index (χ3v) is 3.23. The number of anilines is 1. The van der Waals surface area contributed by atoms with Crippen LogP contribution in [0.2, 0.25) is 0 Å². The van der Waals surface area contributed by atoms with E-state index in [0.717, 1.165) is 6.07 Å². The van der Waals surface area contributed by atoms with Crippen molar-refractivity contribution in [1.82, 2.24) is 9.97 Å². The summed E-state index contributed by atoms with van der Waals surface area (Å²) in [6.07, 6.45) is 1.85. The first-order valence-electron chi connectivity index (χ1n) is 6.23. The molecule has 0 unspecified atom stereocenters. The molecule has 0 radical (unpaired) electrons. The summed E-state index contributed by atoms with van der Waals surface area (Å²) in [4.78, 5) is 41.2. The topological polar surface area (TPSA) is 112 Å². The van der Waals surface area contributed by atoms with Crippen molar-refractivity contribution in [3.63, 3.8) is 0 Å². The molecule has 0 saturated carbocycles.